The largest absolute Gasteiger partial charge is 0.495 e. The topological polar surface area (TPSA) is 33.3 Å². The fourth-order valence-corrected chi connectivity index (χ4v) is 2.59. The molecule has 0 fully saturated rings. The summed E-state index contributed by atoms with van der Waals surface area (Å²) in [5.74, 6) is 0.782. The fraction of sp³-hybridized carbons (Fsp3) is 0.214. The van der Waals surface area contributed by atoms with Gasteiger partial charge in [-0.05, 0) is 42.2 Å². The van der Waals surface area contributed by atoms with Gasteiger partial charge < -0.3 is 15.4 Å². The molecule has 0 atom stereocenters. The van der Waals surface area contributed by atoms with E-state index in [0.29, 0.717) is 5.11 Å². The summed E-state index contributed by atoms with van der Waals surface area (Å²) in [4.78, 5) is 1.35. The Morgan fingerprint density at radius 1 is 1.26 bits per heavy atom. The molecule has 19 heavy (non-hydrogen) atoms. The summed E-state index contributed by atoms with van der Waals surface area (Å²) in [5, 5.41) is 9.03. The van der Waals surface area contributed by atoms with Crippen molar-refractivity contribution >= 4 is 34.4 Å². The summed E-state index contributed by atoms with van der Waals surface area (Å²) in [6.45, 7) is 0.821. The monoisotopic (exact) mass is 292 g/mol. The Kier molecular flexibility index (Phi) is 5.18. The molecule has 0 saturated heterocycles. The van der Waals surface area contributed by atoms with Gasteiger partial charge in [-0.1, -0.05) is 18.2 Å². The molecule has 0 amide bonds. The number of nitrogens with one attached hydrogen (secondary N) is 2. The van der Waals surface area contributed by atoms with E-state index in [9.17, 15) is 0 Å². The van der Waals surface area contributed by atoms with Crippen molar-refractivity contribution in [1.82, 2.24) is 5.32 Å². The lowest BCUT2D eigenvalue weighted by Gasteiger charge is -2.12. The second-order valence-corrected chi connectivity index (χ2v) is 5.35. The van der Waals surface area contributed by atoms with E-state index < -0.39 is 0 Å². The lowest BCUT2D eigenvalue weighted by Crippen LogP contribution is -2.30. The van der Waals surface area contributed by atoms with Gasteiger partial charge in [-0.15, -0.1) is 11.3 Å². The lowest BCUT2D eigenvalue weighted by molar-refractivity contribution is 0.417. The molecule has 2 rings (SSSR count). The van der Waals surface area contributed by atoms with Crippen LogP contribution in [0.4, 0.5) is 5.69 Å². The number of anilines is 1. The first-order valence-corrected chi connectivity index (χ1v) is 7.28. The van der Waals surface area contributed by atoms with Crippen molar-refractivity contribution in [3.05, 3.63) is 46.7 Å². The average molecular weight is 292 g/mol. The number of para-hydroxylation sites is 2. The van der Waals surface area contributed by atoms with Crippen molar-refractivity contribution in [2.75, 3.05) is 19.0 Å². The number of ether oxygens (including phenoxy) is 1. The lowest BCUT2D eigenvalue weighted by atomic mass is 10.3. The van der Waals surface area contributed by atoms with Crippen LogP contribution in [0.5, 0.6) is 5.75 Å². The molecule has 2 aromatic rings. The summed E-state index contributed by atoms with van der Waals surface area (Å²) in [6.07, 6.45) is 0.978. The maximum Gasteiger partial charge on any atom is 0.170 e. The van der Waals surface area contributed by atoms with Gasteiger partial charge in [-0.3, -0.25) is 0 Å². The number of thiophene rings is 1. The Morgan fingerprint density at radius 3 is 2.84 bits per heavy atom. The third-order valence-electron chi connectivity index (χ3n) is 2.59. The van der Waals surface area contributed by atoms with Crippen LogP contribution in [0, 0.1) is 0 Å². The van der Waals surface area contributed by atoms with Crippen molar-refractivity contribution in [3.8, 4) is 5.75 Å². The van der Waals surface area contributed by atoms with Gasteiger partial charge in [0, 0.05) is 11.4 Å². The summed E-state index contributed by atoms with van der Waals surface area (Å²) >= 11 is 7.02. The zero-order chi connectivity index (χ0) is 13.5. The molecule has 0 spiro atoms. The Hall–Kier alpha value is -1.59. The van der Waals surface area contributed by atoms with E-state index in [0.717, 1.165) is 24.4 Å². The summed E-state index contributed by atoms with van der Waals surface area (Å²) in [6, 6.07) is 11.9. The molecule has 0 unspecified atom stereocenters. The van der Waals surface area contributed by atoms with E-state index in [1.807, 2.05) is 24.3 Å². The minimum absolute atomic E-state index is 0.612. The standard InChI is InChI=1S/C14H16N2OS2/c1-17-13-7-3-2-6-12(13)16-14(18)15-9-8-11-5-4-10-19-11/h2-7,10H,8-9H2,1H3,(H2,15,16,18). The van der Waals surface area contributed by atoms with Crippen molar-refractivity contribution in [2.24, 2.45) is 0 Å². The highest BCUT2D eigenvalue weighted by atomic mass is 32.1. The Labute approximate surface area is 122 Å². The van der Waals surface area contributed by atoms with Crippen LogP contribution in [0.2, 0.25) is 0 Å². The fourth-order valence-electron chi connectivity index (χ4n) is 1.67. The first-order valence-electron chi connectivity index (χ1n) is 6.00. The van der Waals surface area contributed by atoms with Crippen molar-refractivity contribution in [3.63, 3.8) is 0 Å². The third kappa shape index (κ3) is 4.22. The highest BCUT2D eigenvalue weighted by molar-refractivity contribution is 7.80. The Balaban J connectivity index is 1.80. The van der Waals surface area contributed by atoms with E-state index in [1.54, 1.807) is 18.4 Å². The zero-order valence-electron chi connectivity index (χ0n) is 10.7. The van der Waals surface area contributed by atoms with Crippen LogP contribution in [0.15, 0.2) is 41.8 Å². The molecule has 0 aliphatic heterocycles. The second kappa shape index (κ2) is 7.11. The van der Waals surface area contributed by atoms with E-state index in [1.165, 1.54) is 4.88 Å². The van der Waals surface area contributed by atoms with Crippen LogP contribution in [0.1, 0.15) is 4.88 Å². The van der Waals surface area contributed by atoms with Gasteiger partial charge in [0.2, 0.25) is 0 Å². The van der Waals surface area contributed by atoms with Gasteiger partial charge in [0.1, 0.15) is 5.75 Å². The van der Waals surface area contributed by atoms with Crippen molar-refractivity contribution < 1.29 is 4.74 Å². The molecule has 0 aliphatic carbocycles. The van der Waals surface area contributed by atoms with Crippen molar-refractivity contribution in [2.45, 2.75) is 6.42 Å². The third-order valence-corrected chi connectivity index (χ3v) is 3.77. The second-order valence-electron chi connectivity index (χ2n) is 3.91. The molecule has 0 aliphatic rings. The van der Waals surface area contributed by atoms with E-state index in [4.69, 9.17) is 17.0 Å². The van der Waals surface area contributed by atoms with E-state index >= 15 is 0 Å². The highest BCUT2D eigenvalue weighted by Gasteiger charge is 2.03. The molecule has 2 N–H and O–H groups in total. The summed E-state index contributed by atoms with van der Waals surface area (Å²) in [7, 11) is 1.65. The molecule has 0 saturated carbocycles. The molecular weight excluding hydrogens is 276 g/mol. The Bertz CT molecular complexity index is 526. The zero-order valence-corrected chi connectivity index (χ0v) is 12.3. The normalized spacial score (nSPS) is 9.95. The predicted molar refractivity (Wildman–Crippen MR) is 85.2 cm³/mol. The first-order chi connectivity index (χ1) is 9.29. The molecule has 1 aromatic heterocycles. The smallest absolute Gasteiger partial charge is 0.170 e. The van der Waals surface area contributed by atoms with E-state index in [-0.39, 0.29) is 0 Å². The number of methoxy groups -OCH3 is 1. The van der Waals surface area contributed by atoms with Crippen LogP contribution in [-0.4, -0.2) is 18.8 Å². The number of rotatable bonds is 5. The van der Waals surface area contributed by atoms with Gasteiger partial charge in [0.15, 0.2) is 5.11 Å². The van der Waals surface area contributed by atoms with Crippen LogP contribution >= 0.6 is 23.6 Å². The minimum Gasteiger partial charge on any atom is -0.495 e. The van der Waals surface area contributed by atoms with Gasteiger partial charge in [0.25, 0.3) is 0 Å². The van der Waals surface area contributed by atoms with Gasteiger partial charge in [-0.2, -0.15) is 0 Å². The highest BCUT2D eigenvalue weighted by Crippen LogP contribution is 2.22. The number of hydrogen-bond acceptors (Lipinski definition) is 3. The maximum atomic E-state index is 5.26. The minimum atomic E-state index is 0.612. The van der Waals surface area contributed by atoms with Crippen LogP contribution < -0.4 is 15.4 Å². The molecule has 0 radical (unpaired) electrons. The molecule has 0 bridgehead atoms. The predicted octanol–water partition coefficient (Wildman–Crippen LogP) is 3.29. The number of benzene rings is 1. The first kappa shape index (κ1) is 13.8. The van der Waals surface area contributed by atoms with Gasteiger partial charge >= 0.3 is 0 Å². The molecule has 100 valence electrons. The van der Waals surface area contributed by atoms with Crippen LogP contribution in [0.3, 0.4) is 0 Å². The quantitative estimate of drug-likeness (QED) is 0.829. The molecule has 1 aromatic carbocycles. The van der Waals surface area contributed by atoms with Gasteiger partial charge in [0.05, 0.1) is 12.8 Å². The molecule has 5 heteroatoms. The van der Waals surface area contributed by atoms with Crippen LogP contribution in [-0.2, 0) is 6.42 Å². The Morgan fingerprint density at radius 2 is 2.11 bits per heavy atom. The summed E-state index contributed by atoms with van der Waals surface area (Å²) < 4.78 is 5.26. The van der Waals surface area contributed by atoms with Crippen molar-refractivity contribution in [1.29, 1.82) is 0 Å². The van der Waals surface area contributed by atoms with Gasteiger partial charge in [-0.25, -0.2) is 0 Å². The maximum absolute atomic E-state index is 5.26. The summed E-state index contributed by atoms with van der Waals surface area (Å²) in [5.41, 5.74) is 0.874. The SMILES string of the molecule is COc1ccccc1NC(=S)NCCc1cccs1. The molecule has 3 nitrogen and oxygen atoms in total. The van der Waals surface area contributed by atoms with E-state index in [2.05, 4.69) is 28.1 Å². The molecular formula is C14H16N2OS2. The average Bonchev–Trinajstić information content (AvgIpc) is 2.92. The van der Waals surface area contributed by atoms with Crippen LogP contribution in [0.25, 0.3) is 0 Å². The number of hydrogen-bond donors (Lipinski definition) is 2. The molecule has 1 heterocycles. The number of thiocarbonyl (C=S) groups is 1.